The predicted octanol–water partition coefficient (Wildman–Crippen LogP) is 8.57. The van der Waals surface area contributed by atoms with Crippen LogP contribution in [-0.4, -0.2) is 68.1 Å². The van der Waals surface area contributed by atoms with E-state index in [1.54, 1.807) is 11.1 Å². The molecule has 8 rings (SSSR count). The molecule has 282 valence electrons. The Morgan fingerprint density at radius 2 is 1.75 bits per heavy atom. The molecule has 0 spiro atoms. The van der Waals surface area contributed by atoms with Crippen LogP contribution in [-0.2, 0) is 9.84 Å². The minimum Gasteiger partial charge on any atom is -0.477 e. The first-order chi connectivity index (χ1) is 24.3. The van der Waals surface area contributed by atoms with E-state index < -0.39 is 9.84 Å². The molecule has 7 aliphatic rings. The molecule has 0 aromatic carbocycles. The summed E-state index contributed by atoms with van der Waals surface area (Å²) in [4.78, 5) is 6.79. The molecule has 2 heterocycles. The number of aromatic nitrogens is 1. The van der Waals surface area contributed by atoms with E-state index in [0.717, 1.165) is 61.6 Å². The van der Waals surface area contributed by atoms with Crippen molar-refractivity contribution in [3.05, 3.63) is 47.2 Å². The number of nitrogens with zero attached hydrogens (tertiary/aromatic N) is 2. The Balaban J connectivity index is 0.928. The maximum absolute atomic E-state index is 12.0. The van der Waals surface area contributed by atoms with Gasteiger partial charge < -0.3 is 15.0 Å². The molecule has 1 aliphatic heterocycles. The zero-order chi connectivity index (χ0) is 35.6. The fourth-order valence-corrected chi connectivity index (χ4v) is 15.5. The van der Waals surface area contributed by atoms with Crippen LogP contribution >= 0.6 is 0 Å². The molecule has 6 nitrogen and oxygen atoms in total. The molecular weight excluding hydrogens is 651 g/mol. The lowest BCUT2D eigenvalue weighted by Gasteiger charge is -2.68. The Labute approximate surface area is 310 Å². The van der Waals surface area contributed by atoms with Gasteiger partial charge in [0.2, 0.25) is 5.88 Å². The number of ether oxygens (including phenoxy) is 1. The van der Waals surface area contributed by atoms with Crippen molar-refractivity contribution in [2.75, 3.05) is 44.3 Å². The first-order valence-corrected chi connectivity index (χ1v) is 22.8. The van der Waals surface area contributed by atoms with E-state index in [9.17, 15) is 8.42 Å². The van der Waals surface area contributed by atoms with Gasteiger partial charge in [0.15, 0.2) is 9.84 Å². The summed E-state index contributed by atoms with van der Waals surface area (Å²) in [6.45, 7) is 17.0. The molecule has 9 atom stereocenters. The quantitative estimate of drug-likeness (QED) is 0.291. The molecule has 7 heteroatoms. The van der Waals surface area contributed by atoms with Crippen LogP contribution in [0, 0.1) is 58.7 Å². The van der Waals surface area contributed by atoms with Crippen molar-refractivity contribution in [1.29, 1.82) is 0 Å². The van der Waals surface area contributed by atoms with Crippen LogP contribution in [0.3, 0.4) is 0 Å². The van der Waals surface area contributed by atoms with E-state index in [1.165, 1.54) is 82.6 Å². The van der Waals surface area contributed by atoms with Crippen LogP contribution in [0.4, 0.5) is 0 Å². The van der Waals surface area contributed by atoms with E-state index in [2.05, 4.69) is 62.0 Å². The lowest BCUT2D eigenvalue weighted by molar-refractivity contribution is -0.175. The van der Waals surface area contributed by atoms with E-state index in [1.807, 2.05) is 18.3 Å². The van der Waals surface area contributed by atoms with Gasteiger partial charge in [-0.05, 0) is 159 Å². The van der Waals surface area contributed by atoms with Crippen molar-refractivity contribution in [2.24, 2.45) is 51.8 Å². The van der Waals surface area contributed by atoms with Gasteiger partial charge >= 0.3 is 0 Å². The zero-order valence-electron chi connectivity index (χ0n) is 32.5. The molecule has 6 aliphatic carbocycles. The number of rotatable bonds is 8. The van der Waals surface area contributed by atoms with Gasteiger partial charge in [-0.1, -0.05) is 46.3 Å². The molecular formula is C44H67N3O3S. The molecule has 1 aromatic heterocycles. The lowest BCUT2D eigenvalue weighted by atomic mass is 9.37. The Bertz CT molecular complexity index is 1620. The highest BCUT2D eigenvalue weighted by molar-refractivity contribution is 7.91. The molecule has 0 radical (unpaired) electrons. The van der Waals surface area contributed by atoms with Crippen LogP contribution in [0.1, 0.15) is 117 Å². The predicted molar refractivity (Wildman–Crippen MR) is 207 cm³/mol. The molecule has 1 aromatic rings. The van der Waals surface area contributed by atoms with Crippen LogP contribution in [0.25, 0.3) is 0 Å². The maximum atomic E-state index is 12.0. The van der Waals surface area contributed by atoms with Crippen molar-refractivity contribution in [1.82, 2.24) is 15.2 Å². The Morgan fingerprint density at radius 1 is 0.922 bits per heavy atom. The third kappa shape index (κ3) is 6.49. The topological polar surface area (TPSA) is 71.5 Å². The minimum atomic E-state index is -2.82. The number of nitrogens with one attached hydrogen (secondary N) is 1. The van der Waals surface area contributed by atoms with Gasteiger partial charge in [-0.25, -0.2) is 13.4 Å². The van der Waals surface area contributed by atoms with E-state index in [-0.39, 0.29) is 5.41 Å². The molecule has 0 amide bonds. The van der Waals surface area contributed by atoms with E-state index in [4.69, 9.17) is 4.74 Å². The molecule has 4 saturated carbocycles. The average molecular weight is 718 g/mol. The Morgan fingerprint density at radius 3 is 2.51 bits per heavy atom. The smallest absolute Gasteiger partial charge is 0.213 e. The fourth-order valence-electron chi connectivity index (χ4n) is 14.2. The molecule has 0 bridgehead atoms. The standard InChI is InChI=1S/C44H67N3O3S/c1-31-17-22-45-40(29-31)50-30-32-8-10-33(11-9-32)35-14-19-43(5)38(41(35,2)3)16-20-42(4)36-15-21-44(18-6-7-37(44)34(36)12-13-39(42)43)46-23-24-47-25-27-51(48,49)28-26-47/h10,14,17,22,29,32,34,36-39,46H,6-9,11-13,15-16,18-21,23-28,30H2,1-5H3/t32?,34?,36?,37-,38?,39?,42?,43?,44?/m1/s1. The number of hydrogen-bond donors (Lipinski definition) is 1. The van der Waals surface area contributed by atoms with Crippen molar-refractivity contribution in [3.63, 3.8) is 0 Å². The molecule has 1 saturated heterocycles. The normalized spacial score (nSPS) is 41.7. The van der Waals surface area contributed by atoms with Crippen LogP contribution in [0.2, 0.25) is 0 Å². The second-order valence-electron chi connectivity index (χ2n) is 19.5. The third-order valence-electron chi connectivity index (χ3n) is 16.7. The van der Waals surface area contributed by atoms with Gasteiger partial charge in [0.1, 0.15) is 0 Å². The van der Waals surface area contributed by atoms with Gasteiger partial charge in [-0.15, -0.1) is 0 Å². The molecule has 8 unspecified atom stereocenters. The second-order valence-corrected chi connectivity index (χ2v) is 21.8. The summed E-state index contributed by atoms with van der Waals surface area (Å²) in [5, 5.41) is 4.19. The van der Waals surface area contributed by atoms with Crippen molar-refractivity contribution in [3.8, 4) is 5.88 Å². The highest BCUT2D eigenvalue weighted by atomic mass is 32.2. The number of hydrogen-bond acceptors (Lipinski definition) is 6. The Hall–Kier alpha value is -1.70. The third-order valence-corrected chi connectivity index (χ3v) is 18.3. The summed E-state index contributed by atoms with van der Waals surface area (Å²) in [6, 6.07) is 4.07. The van der Waals surface area contributed by atoms with Crippen LogP contribution in [0.15, 0.2) is 41.6 Å². The summed E-state index contributed by atoms with van der Waals surface area (Å²) in [5.41, 5.74) is 5.86. The van der Waals surface area contributed by atoms with Crippen LogP contribution in [0.5, 0.6) is 5.88 Å². The SMILES string of the molecule is Cc1ccnc(OCC2CC=C(C3=CCC4(C)C(CCC5(C)C6CCC7(NCCN8CCS(=O)(=O)CC8)CCC[C@@H]7C6CCC54)C3(C)C)CC2)c1. The van der Waals surface area contributed by atoms with Gasteiger partial charge in [-0.3, -0.25) is 0 Å². The summed E-state index contributed by atoms with van der Waals surface area (Å²) >= 11 is 0. The molecule has 1 N–H and O–H groups in total. The highest BCUT2D eigenvalue weighted by Gasteiger charge is 2.65. The van der Waals surface area contributed by atoms with Gasteiger partial charge in [0.05, 0.1) is 18.1 Å². The fraction of sp³-hybridized carbons (Fsp3) is 0.795. The van der Waals surface area contributed by atoms with Gasteiger partial charge in [-0.2, -0.15) is 0 Å². The lowest BCUT2D eigenvalue weighted by Crippen LogP contribution is -2.64. The summed E-state index contributed by atoms with van der Waals surface area (Å²) < 4.78 is 30.0. The number of pyridine rings is 1. The number of sulfone groups is 1. The van der Waals surface area contributed by atoms with Gasteiger partial charge in [0.25, 0.3) is 0 Å². The first-order valence-electron chi connectivity index (χ1n) is 21.0. The first kappa shape index (κ1) is 36.3. The van der Waals surface area contributed by atoms with Gasteiger partial charge in [0, 0.05) is 44.0 Å². The number of fused-ring (bicyclic) bond motifs is 7. The molecule has 51 heavy (non-hydrogen) atoms. The van der Waals surface area contributed by atoms with E-state index in [0.29, 0.717) is 46.9 Å². The average Bonchev–Trinajstić information content (AvgIpc) is 3.53. The Kier molecular flexibility index (Phi) is 9.64. The highest BCUT2D eigenvalue weighted by Crippen LogP contribution is 2.72. The maximum Gasteiger partial charge on any atom is 0.213 e. The minimum absolute atomic E-state index is 0.210. The second kappa shape index (κ2) is 13.6. The van der Waals surface area contributed by atoms with Crippen molar-refractivity contribution in [2.45, 2.75) is 124 Å². The van der Waals surface area contributed by atoms with E-state index >= 15 is 0 Å². The summed E-state index contributed by atoms with van der Waals surface area (Å²) in [5.74, 6) is 6.10. The zero-order valence-corrected chi connectivity index (χ0v) is 33.3. The summed E-state index contributed by atoms with van der Waals surface area (Å²) in [7, 11) is -2.82. The number of allylic oxidation sites excluding steroid dienone is 4. The van der Waals surface area contributed by atoms with Crippen molar-refractivity contribution >= 4 is 9.84 Å². The molecule has 5 fully saturated rings. The van der Waals surface area contributed by atoms with Crippen LogP contribution < -0.4 is 10.1 Å². The monoisotopic (exact) mass is 717 g/mol. The van der Waals surface area contributed by atoms with Crippen molar-refractivity contribution < 1.29 is 13.2 Å². The number of aryl methyl sites for hydroxylation is 1. The summed E-state index contributed by atoms with van der Waals surface area (Å²) in [6.07, 6.45) is 24.4. The largest absolute Gasteiger partial charge is 0.477 e.